The summed E-state index contributed by atoms with van der Waals surface area (Å²) in [6.07, 6.45) is 1.46. The van der Waals surface area contributed by atoms with Gasteiger partial charge in [-0.1, -0.05) is 15.9 Å². The van der Waals surface area contributed by atoms with Gasteiger partial charge in [-0.25, -0.2) is 4.99 Å². The molecule has 0 radical (unpaired) electrons. The van der Waals surface area contributed by atoms with Crippen LogP contribution in [0, 0.1) is 0 Å². The first-order valence-corrected chi connectivity index (χ1v) is 4.52. The molecule has 0 N–H and O–H groups in total. The molecule has 64 valence electrons. The minimum Gasteiger partial charge on any atom is -0.483 e. The minimum atomic E-state index is 0.653. The van der Waals surface area contributed by atoms with Crippen molar-refractivity contribution in [3.05, 3.63) is 28.7 Å². The van der Waals surface area contributed by atoms with Crippen molar-refractivity contribution in [2.75, 3.05) is 6.61 Å². The molecule has 2 nitrogen and oxygen atoms in total. The molecular weight excluding hydrogens is 218 g/mol. The first-order chi connectivity index (χ1) is 5.83. The Morgan fingerprint density at radius 3 is 2.67 bits per heavy atom. The van der Waals surface area contributed by atoms with Gasteiger partial charge in [0.05, 0.1) is 12.3 Å². The van der Waals surface area contributed by atoms with Crippen molar-refractivity contribution < 1.29 is 4.74 Å². The Morgan fingerprint density at radius 1 is 1.42 bits per heavy atom. The third-order valence-electron chi connectivity index (χ3n) is 1.27. The average molecular weight is 228 g/mol. The van der Waals surface area contributed by atoms with E-state index >= 15 is 0 Å². The average Bonchev–Trinajstić information content (AvgIpc) is 2.09. The van der Waals surface area contributed by atoms with Crippen LogP contribution >= 0.6 is 15.9 Å². The summed E-state index contributed by atoms with van der Waals surface area (Å²) in [6, 6.07) is 7.72. The third kappa shape index (κ3) is 3.05. The highest BCUT2D eigenvalue weighted by Crippen LogP contribution is 2.15. The van der Waals surface area contributed by atoms with Crippen LogP contribution in [0.1, 0.15) is 6.92 Å². The summed E-state index contributed by atoms with van der Waals surface area (Å²) in [5, 5.41) is 0. The molecule has 0 aliphatic rings. The summed E-state index contributed by atoms with van der Waals surface area (Å²) >= 11 is 3.34. The molecule has 12 heavy (non-hydrogen) atoms. The van der Waals surface area contributed by atoms with E-state index in [9.17, 15) is 0 Å². The SMILES string of the molecule is CCOC=Nc1ccc(Br)cc1. The van der Waals surface area contributed by atoms with Crippen molar-refractivity contribution in [1.29, 1.82) is 0 Å². The molecule has 0 heterocycles. The van der Waals surface area contributed by atoms with Crippen LogP contribution in [-0.4, -0.2) is 13.0 Å². The van der Waals surface area contributed by atoms with Gasteiger partial charge in [-0.3, -0.25) is 0 Å². The van der Waals surface area contributed by atoms with E-state index in [4.69, 9.17) is 4.74 Å². The van der Waals surface area contributed by atoms with Crippen molar-refractivity contribution in [2.24, 2.45) is 4.99 Å². The predicted octanol–water partition coefficient (Wildman–Crippen LogP) is 3.15. The minimum absolute atomic E-state index is 0.653. The van der Waals surface area contributed by atoms with Crippen LogP contribution in [0.3, 0.4) is 0 Å². The van der Waals surface area contributed by atoms with E-state index in [1.165, 1.54) is 6.40 Å². The van der Waals surface area contributed by atoms with Crippen LogP contribution in [0.4, 0.5) is 5.69 Å². The zero-order valence-electron chi connectivity index (χ0n) is 6.83. The third-order valence-corrected chi connectivity index (χ3v) is 1.80. The quantitative estimate of drug-likeness (QED) is 0.575. The number of rotatable bonds is 3. The van der Waals surface area contributed by atoms with Crippen LogP contribution in [0.2, 0.25) is 0 Å². The zero-order valence-corrected chi connectivity index (χ0v) is 8.41. The number of hydrogen-bond acceptors (Lipinski definition) is 2. The van der Waals surface area contributed by atoms with Gasteiger partial charge in [-0.2, -0.15) is 0 Å². The second-order valence-corrected chi connectivity index (χ2v) is 3.08. The Balaban J connectivity index is 2.58. The molecular formula is C9H10BrNO. The van der Waals surface area contributed by atoms with Crippen molar-refractivity contribution in [3.8, 4) is 0 Å². The van der Waals surface area contributed by atoms with Crippen LogP contribution < -0.4 is 0 Å². The fraction of sp³-hybridized carbons (Fsp3) is 0.222. The molecule has 0 bridgehead atoms. The molecule has 0 unspecified atom stereocenters. The molecule has 1 aromatic carbocycles. The van der Waals surface area contributed by atoms with E-state index < -0.39 is 0 Å². The molecule has 0 amide bonds. The summed E-state index contributed by atoms with van der Waals surface area (Å²) < 4.78 is 6.02. The van der Waals surface area contributed by atoms with E-state index in [1.807, 2.05) is 31.2 Å². The van der Waals surface area contributed by atoms with E-state index in [0.29, 0.717) is 6.61 Å². The molecule has 0 aromatic heterocycles. The molecule has 0 saturated heterocycles. The molecule has 0 saturated carbocycles. The molecule has 0 aliphatic heterocycles. The zero-order chi connectivity index (χ0) is 8.81. The summed E-state index contributed by atoms with van der Waals surface area (Å²) in [5.74, 6) is 0. The number of ether oxygens (including phenoxy) is 1. The van der Waals surface area contributed by atoms with E-state index in [2.05, 4.69) is 20.9 Å². The Morgan fingerprint density at radius 2 is 2.08 bits per heavy atom. The fourth-order valence-electron chi connectivity index (χ4n) is 0.700. The molecule has 0 atom stereocenters. The maximum atomic E-state index is 4.96. The number of halogens is 1. The number of nitrogens with zero attached hydrogens (tertiary/aromatic N) is 1. The summed E-state index contributed by atoms with van der Waals surface area (Å²) in [6.45, 7) is 2.58. The molecule has 0 fully saturated rings. The van der Waals surface area contributed by atoms with Crippen molar-refractivity contribution >= 4 is 28.0 Å². The topological polar surface area (TPSA) is 21.6 Å². The Bertz CT molecular complexity index is 256. The number of benzene rings is 1. The van der Waals surface area contributed by atoms with Crippen LogP contribution in [-0.2, 0) is 4.74 Å². The normalized spacial score (nSPS) is 10.5. The lowest BCUT2D eigenvalue weighted by molar-refractivity contribution is 0.344. The standard InChI is InChI=1S/C9H10BrNO/c1-2-12-7-11-9-5-3-8(10)4-6-9/h3-7H,2H2,1H3. The monoisotopic (exact) mass is 227 g/mol. The predicted molar refractivity (Wildman–Crippen MR) is 53.9 cm³/mol. The van der Waals surface area contributed by atoms with Crippen molar-refractivity contribution in [1.82, 2.24) is 0 Å². The van der Waals surface area contributed by atoms with Gasteiger partial charge in [0, 0.05) is 4.47 Å². The Labute approximate surface area is 80.4 Å². The van der Waals surface area contributed by atoms with E-state index in [-0.39, 0.29) is 0 Å². The van der Waals surface area contributed by atoms with Crippen LogP contribution in [0.5, 0.6) is 0 Å². The number of hydrogen-bond donors (Lipinski definition) is 0. The van der Waals surface area contributed by atoms with Gasteiger partial charge in [0.1, 0.15) is 0 Å². The highest BCUT2D eigenvalue weighted by molar-refractivity contribution is 9.10. The maximum absolute atomic E-state index is 4.96. The summed E-state index contributed by atoms with van der Waals surface area (Å²) in [4.78, 5) is 4.07. The smallest absolute Gasteiger partial charge is 0.174 e. The number of aliphatic imine (C=N–C) groups is 1. The molecule has 3 heteroatoms. The molecule has 1 rings (SSSR count). The first kappa shape index (κ1) is 9.26. The lowest BCUT2D eigenvalue weighted by Gasteiger charge is -1.94. The molecule has 0 spiro atoms. The maximum Gasteiger partial charge on any atom is 0.174 e. The fourth-order valence-corrected chi connectivity index (χ4v) is 0.964. The lowest BCUT2D eigenvalue weighted by atomic mass is 10.3. The van der Waals surface area contributed by atoms with Crippen LogP contribution in [0.15, 0.2) is 33.7 Å². The largest absolute Gasteiger partial charge is 0.483 e. The van der Waals surface area contributed by atoms with Gasteiger partial charge in [-0.15, -0.1) is 0 Å². The molecule has 0 aliphatic carbocycles. The van der Waals surface area contributed by atoms with E-state index in [1.54, 1.807) is 0 Å². The Hall–Kier alpha value is -0.830. The second-order valence-electron chi connectivity index (χ2n) is 2.17. The second kappa shape index (κ2) is 4.93. The highest BCUT2D eigenvalue weighted by Gasteiger charge is 1.86. The molecule has 1 aromatic rings. The van der Waals surface area contributed by atoms with Gasteiger partial charge >= 0.3 is 0 Å². The lowest BCUT2D eigenvalue weighted by Crippen LogP contribution is -1.83. The Kier molecular flexibility index (Phi) is 3.80. The summed E-state index contributed by atoms with van der Waals surface area (Å²) in [5.41, 5.74) is 0.895. The highest BCUT2D eigenvalue weighted by atomic mass is 79.9. The van der Waals surface area contributed by atoms with Gasteiger partial charge in [0.15, 0.2) is 6.40 Å². The van der Waals surface area contributed by atoms with Crippen molar-refractivity contribution in [3.63, 3.8) is 0 Å². The van der Waals surface area contributed by atoms with E-state index in [0.717, 1.165) is 10.2 Å². The van der Waals surface area contributed by atoms with Gasteiger partial charge < -0.3 is 4.74 Å². The first-order valence-electron chi connectivity index (χ1n) is 3.72. The van der Waals surface area contributed by atoms with Crippen molar-refractivity contribution in [2.45, 2.75) is 6.92 Å². The summed E-state index contributed by atoms with van der Waals surface area (Å²) in [7, 11) is 0. The van der Waals surface area contributed by atoms with Gasteiger partial charge in [0.25, 0.3) is 0 Å². The van der Waals surface area contributed by atoms with Gasteiger partial charge in [-0.05, 0) is 31.2 Å². The van der Waals surface area contributed by atoms with Crippen LogP contribution in [0.25, 0.3) is 0 Å². The van der Waals surface area contributed by atoms with Gasteiger partial charge in [0.2, 0.25) is 0 Å².